The number of nitrogens with two attached hydrogens (primary N) is 1. The van der Waals surface area contributed by atoms with E-state index in [0.29, 0.717) is 18.7 Å². The number of benzene rings is 2. The number of primary amides is 1. The maximum absolute atomic E-state index is 13.8. The molecule has 2 aromatic carbocycles. The molecule has 7 heteroatoms. The largest absolute Gasteiger partial charge is 0.481 e. The van der Waals surface area contributed by atoms with Crippen LogP contribution in [0.3, 0.4) is 0 Å². The van der Waals surface area contributed by atoms with Crippen LogP contribution in [-0.4, -0.2) is 30.2 Å². The minimum atomic E-state index is -0.492. The van der Waals surface area contributed by atoms with Crippen molar-refractivity contribution in [2.75, 3.05) is 13.7 Å². The number of methoxy groups -OCH3 is 1. The monoisotopic (exact) mass is 424 g/mol. The first-order chi connectivity index (χ1) is 15.0. The van der Waals surface area contributed by atoms with E-state index in [1.54, 1.807) is 12.1 Å². The lowest BCUT2D eigenvalue weighted by Crippen LogP contribution is -2.21. The topological polar surface area (TPSA) is 83.6 Å². The Bertz CT molecular complexity index is 1140. The summed E-state index contributed by atoms with van der Waals surface area (Å²) in [5.74, 6) is -1.11. The summed E-state index contributed by atoms with van der Waals surface area (Å²) in [4.78, 5) is 24.1. The maximum Gasteiger partial charge on any atom is 0.343 e. The van der Waals surface area contributed by atoms with Crippen LogP contribution in [0.5, 0.6) is 5.75 Å². The van der Waals surface area contributed by atoms with Crippen LogP contribution in [0, 0.1) is 5.82 Å². The predicted molar refractivity (Wildman–Crippen MR) is 114 cm³/mol. The molecule has 1 aromatic heterocycles. The van der Waals surface area contributed by atoms with E-state index in [0.717, 1.165) is 47.0 Å². The summed E-state index contributed by atoms with van der Waals surface area (Å²) >= 11 is 0. The van der Waals surface area contributed by atoms with Crippen molar-refractivity contribution in [3.63, 3.8) is 0 Å². The molecule has 0 saturated heterocycles. The molecule has 0 aliphatic heterocycles. The Labute approximate surface area is 179 Å². The van der Waals surface area contributed by atoms with E-state index in [4.69, 9.17) is 15.2 Å². The molecule has 2 N–H and O–H groups in total. The number of esters is 1. The van der Waals surface area contributed by atoms with Gasteiger partial charge < -0.3 is 19.8 Å². The van der Waals surface area contributed by atoms with E-state index in [9.17, 15) is 14.0 Å². The Morgan fingerprint density at radius 2 is 2.00 bits per heavy atom. The summed E-state index contributed by atoms with van der Waals surface area (Å²) in [7, 11) is 1.30. The molecule has 162 valence electrons. The Kier molecular flexibility index (Phi) is 5.93. The number of aromatic nitrogens is 1. The second kappa shape index (κ2) is 8.79. The fourth-order valence-electron chi connectivity index (χ4n) is 4.48. The van der Waals surface area contributed by atoms with Gasteiger partial charge in [0.1, 0.15) is 11.6 Å². The quantitative estimate of drug-likeness (QED) is 0.483. The molecule has 1 atom stereocenters. The third kappa shape index (κ3) is 4.13. The fourth-order valence-corrected chi connectivity index (χ4v) is 4.48. The smallest absolute Gasteiger partial charge is 0.343 e. The minimum Gasteiger partial charge on any atom is -0.481 e. The highest BCUT2D eigenvalue weighted by Crippen LogP contribution is 2.42. The molecule has 6 nitrogen and oxygen atoms in total. The zero-order chi connectivity index (χ0) is 22.0. The summed E-state index contributed by atoms with van der Waals surface area (Å²) in [5, 5.41) is 0.781. The van der Waals surface area contributed by atoms with Crippen molar-refractivity contribution in [1.29, 1.82) is 0 Å². The Morgan fingerprint density at radius 3 is 2.74 bits per heavy atom. The molecular weight excluding hydrogens is 399 g/mol. The highest BCUT2D eigenvalue weighted by molar-refractivity contribution is 5.97. The van der Waals surface area contributed by atoms with E-state index in [2.05, 4.69) is 4.57 Å². The highest BCUT2D eigenvalue weighted by Gasteiger charge is 2.31. The van der Waals surface area contributed by atoms with Gasteiger partial charge in [-0.2, -0.15) is 0 Å². The van der Waals surface area contributed by atoms with Crippen molar-refractivity contribution >= 4 is 22.8 Å². The molecule has 1 heterocycles. The van der Waals surface area contributed by atoms with Crippen LogP contribution in [0.15, 0.2) is 42.5 Å². The van der Waals surface area contributed by atoms with Gasteiger partial charge in [-0.25, -0.2) is 9.18 Å². The molecule has 0 fully saturated rings. The Morgan fingerprint density at radius 1 is 1.19 bits per heavy atom. The average molecular weight is 424 g/mol. The number of halogens is 1. The average Bonchev–Trinajstić information content (AvgIpc) is 2.91. The first kappa shape index (κ1) is 20.9. The van der Waals surface area contributed by atoms with Crippen LogP contribution in [0.25, 0.3) is 10.9 Å². The van der Waals surface area contributed by atoms with Crippen LogP contribution in [0.4, 0.5) is 4.39 Å². The minimum absolute atomic E-state index is 0.235. The number of nitrogens with zero attached hydrogens (tertiary/aromatic N) is 1. The highest BCUT2D eigenvalue weighted by atomic mass is 19.1. The molecular formula is C24H25FN2O4. The molecule has 1 aliphatic carbocycles. The lowest BCUT2D eigenvalue weighted by atomic mass is 9.92. The fraction of sp³-hybridized carbons (Fsp3) is 0.333. The molecule has 0 radical (unpaired) electrons. The van der Waals surface area contributed by atoms with Gasteiger partial charge in [0.2, 0.25) is 5.91 Å². The van der Waals surface area contributed by atoms with Gasteiger partial charge in [-0.3, -0.25) is 4.79 Å². The first-order valence-corrected chi connectivity index (χ1v) is 10.4. The molecule has 1 unspecified atom stereocenters. The SMILES string of the molecule is COC(=O)COc1cccc2c1c1c(n2Cc2cccc(F)c2)CCCCC1C(N)=O. The number of hydrogen-bond donors (Lipinski definition) is 1. The zero-order valence-corrected chi connectivity index (χ0v) is 17.4. The number of hydrogen-bond acceptors (Lipinski definition) is 4. The molecule has 4 rings (SSSR count). The van der Waals surface area contributed by atoms with Gasteiger partial charge in [-0.05, 0) is 54.7 Å². The van der Waals surface area contributed by atoms with Gasteiger partial charge in [0, 0.05) is 17.6 Å². The second-order valence-corrected chi connectivity index (χ2v) is 7.79. The number of carbonyl (C=O) groups is 2. The summed E-state index contributed by atoms with van der Waals surface area (Å²) < 4.78 is 26.4. The van der Waals surface area contributed by atoms with Crippen molar-refractivity contribution in [3.8, 4) is 5.75 Å². The third-order valence-corrected chi connectivity index (χ3v) is 5.85. The van der Waals surface area contributed by atoms with Crippen LogP contribution >= 0.6 is 0 Å². The second-order valence-electron chi connectivity index (χ2n) is 7.79. The molecule has 0 bridgehead atoms. The lowest BCUT2D eigenvalue weighted by Gasteiger charge is -2.14. The molecule has 3 aromatic rings. The normalized spacial score (nSPS) is 15.9. The summed E-state index contributed by atoms with van der Waals surface area (Å²) in [5.41, 5.74) is 9.36. The number of ether oxygens (including phenoxy) is 2. The summed E-state index contributed by atoms with van der Waals surface area (Å²) in [6.07, 6.45) is 3.25. The van der Waals surface area contributed by atoms with E-state index in [1.165, 1.54) is 19.2 Å². The van der Waals surface area contributed by atoms with Crippen molar-refractivity contribution in [3.05, 3.63) is 65.1 Å². The third-order valence-electron chi connectivity index (χ3n) is 5.85. The van der Waals surface area contributed by atoms with Crippen LogP contribution < -0.4 is 10.5 Å². The van der Waals surface area contributed by atoms with Crippen LogP contribution in [-0.2, 0) is 27.3 Å². The van der Waals surface area contributed by atoms with Gasteiger partial charge >= 0.3 is 5.97 Å². The van der Waals surface area contributed by atoms with Gasteiger partial charge in [0.05, 0.1) is 18.5 Å². The van der Waals surface area contributed by atoms with Crippen molar-refractivity contribution in [2.24, 2.45) is 5.73 Å². The molecule has 1 aliphatic rings. The Hall–Kier alpha value is -3.35. The number of amides is 1. The van der Waals surface area contributed by atoms with E-state index >= 15 is 0 Å². The number of fused-ring (bicyclic) bond motifs is 3. The predicted octanol–water partition coefficient (Wildman–Crippen LogP) is 3.68. The van der Waals surface area contributed by atoms with E-state index < -0.39 is 11.9 Å². The van der Waals surface area contributed by atoms with Gasteiger partial charge in [-0.15, -0.1) is 0 Å². The zero-order valence-electron chi connectivity index (χ0n) is 17.4. The summed E-state index contributed by atoms with van der Waals surface area (Å²) in [6.45, 7) is 0.218. The van der Waals surface area contributed by atoms with Crippen LogP contribution in [0.1, 0.15) is 42.0 Å². The van der Waals surface area contributed by atoms with Gasteiger partial charge in [0.25, 0.3) is 0 Å². The number of rotatable bonds is 6. The van der Waals surface area contributed by atoms with Crippen LogP contribution in [0.2, 0.25) is 0 Å². The standard InChI is InChI=1S/C24H25FN2O4/c1-30-21(28)14-31-20-11-5-10-19-23(20)22-17(24(26)29)8-2-3-9-18(22)27(19)13-15-6-4-7-16(25)12-15/h4-7,10-12,17H,2-3,8-9,13-14H2,1H3,(H2,26,29). The van der Waals surface area contributed by atoms with Crippen molar-refractivity contribution < 1.29 is 23.5 Å². The Balaban J connectivity index is 1.92. The first-order valence-electron chi connectivity index (χ1n) is 10.4. The van der Waals surface area contributed by atoms with Gasteiger partial charge in [-0.1, -0.05) is 24.6 Å². The summed E-state index contributed by atoms with van der Waals surface area (Å²) in [6, 6.07) is 12.1. The van der Waals surface area contributed by atoms with Crippen molar-refractivity contribution in [2.45, 2.75) is 38.1 Å². The number of carbonyl (C=O) groups excluding carboxylic acids is 2. The molecule has 31 heavy (non-hydrogen) atoms. The van der Waals surface area contributed by atoms with Crippen molar-refractivity contribution in [1.82, 2.24) is 4.57 Å². The lowest BCUT2D eigenvalue weighted by molar-refractivity contribution is -0.142. The van der Waals surface area contributed by atoms with E-state index in [-0.39, 0.29) is 18.3 Å². The molecule has 0 spiro atoms. The maximum atomic E-state index is 13.8. The molecule has 0 saturated carbocycles. The van der Waals surface area contributed by atoms with E-state index in [1.807, 2.05) is 18.2 Å². The molecule has 1 amide bonds. The van der Waals surface area contributed by atoms with Gasteiger partial charge in [0.15, 0.2) is 6.61 Å².